The summed E-state index contributed by atoms with van der Waals surface area (Å²) < 4.78 is 32.6. The smallest absolute Gasteiger partial charge is 0.242 e. The summed E-state index contributed by atoms with van der Waals surface area (Å²) in [5, 5.41) is 9.03. The summed E-state index contributed by atoms with van der Waals surface area (Å²) in [7, 11) is -3.77. The first-order valence-corrected chi connectivity index (χ1v) is 8.33. The van der Waals surface area contributed by atoms with Crippen molar-refractivity contribution >= 4 is 21.1 Å². The summed E-state index contributed by atoms with van der Waals surface area (Å²) >= 11 is 0. The molecule has 7 heteroatoms. The molecule has 1 heterocycles. The summed E-state index contributed by atoms with van der Waals surface area (Å²) in [6.07, 6.45) is 0. The van der Waals surface area contributed by atoms with Crippen LogP contribution in [-0.2, 0) is 16.6 Å². The molecule has 3 rings (SSSR count). The monoisotopic (exact) mass is 327 g/mol. The second-order valence-corrected chi connectivity index (χ2v) is 6.70. The highest BCUT2D eigenvalue weighted by Gasteiger charge is 2.17. The Hall–Kier alpha value is -2.69. The molecule has 0 atom stereocenters. The number of rotatable bonds is 4. The van der Waals surface area contributed by atoms with Crippen molar-refractivity contribution in [1.82, 2.24) is 9.71 Å². The van der Waals surface area contributed by atoms with Crippen molar-refractivity contribution in [2.75, 3.05) is 0 Å². The number of nitrogens with zero attached hydrogens (tertiary/aromatic N) is 2. The van der Waals surface area contributed by atoms with E-state index in [1.165, 1.54) is 12.1 Å². The molecule has 0 aliphatic rings. The lowest BCUT2D eigenvalue weighted by molar-refractivity contribution is 0.560. The van der Waals surface area contributed by atoms with E-state index in [-0.39, 0.29) is 17.0 Å². The van der Waals surface area contributed by atoms with Crippen molar-refractivity contribution in [2.24, 2.45) is 0 Å². The van der Waals surface area contributed by atoms with Crippen LogP contribution < -0.4 is 4.72 Å². The average molecular weight is 327 g/mol. The molecule has 0 saturated carbocycles. The molecule has 0 radical (unpaired) electrons. The topological polar surface area (TPSA) is 96.0 Å². The molecule has 6 nitrogen and oxygen atoms in total. The zero-order chi connectivity index (χ0) is 16.4. The van der Waals surface area contributed by atoms with Crippen molar-refractivity contribution in [3.05, 3.63) is 59.5 Å². The van der Waals surface area contributed by atoms with Crippen molar-refractivity contribution < 1.29 is 12.8 Å². The van der Waals surface area contributed by atoms with E-state index < -0.39 is 10.0 Å². The maximum Gasteiger partial charge on any atom is 0.242 e. The van der Waals surface area contributed by atoms with E-state index in [1.807, 2.05) is 6.07 Å². The third kappa shape index (κ3) is 3.08. The van der Waals surface area contributed by atoms with Gasteiger partial charge in [-0.1, -0.05) is 18.2 Å². The van der Waals surface area contributed by atoms with Crippen LogP contribution in [0.5, 0.6) is 0 Å². The van der Waals surface area contributed by atoms with Gasteiger partial charge in [-0.2, -0.15) is 5.26 Å². The molecular weight excluding hydrogens is 314 g/mol. The summed E-state index contributed by atoms with van der Waals surface area (Å²) in [4.78, 5) is 4.16. The van der Waals surface area contributed by atoms with E-state index in [1.54, 1.807) is 37.3 Å². The molecule has 116 valence electrons. The van der Waals surface area contributed by atoms with Crippen LogP contribution in [-0.4, -0.2) is 13.4 Å². The molecule has 0 saturated heterocycles. The molecule has 0 aliphatic carbocycles. The minimum absolute atomic E-state index is 0.0286. The number of benzene rings is 2. The number of fused-ring (bicyclic) bond motifs is 1. The van der Waals surface area contributed by atoms with Gasteiger partial charge >= 0.3 is 0 Å². The maximum atomic E-state index is 12.4. The second kappa shape index (κ2) is 5.83. The van der Waals surface area contributed by atoms with Crippen LogP contribution in [0.15, 0.2) is 51.8 Å². The van der Waals surface area contributed by atoms with Crippen LogP contribution in [0.3, 0.4) is 0 Å². The third-order valence-electron chi connectivity index (χ3n) is 3.32. The van der Waals surface area contributed by atoms with Gasteiger partial charge in [-0.3, -0.25) is 0 Å². The van der Waals surface area contributed by atoms with Crippen LogP contribution in [0.2, 0.25) is 0 Å². The van der Waals surface area contributed by atoms with Gasteiger partial charge < -0.3 is 4.42 Å². The number of nitrogens with one attached hydrogen (secondary N) is 1. The summed E-state index contributed by atoms with van der Waals surface area (Å²) in [6, 6.07) is 13.3. The van der Waals surface area contributed by atoms with E-state index >= 15 is 0 Å². The Morgan fingerprint density at radius 2 is 2.04 bits per heavy atom. The Labute approximate surface area is 133 Å². The van der Waals surface area contributed by atoms with Crippen LogP contribution >= 0.6 is 0 Å². The Bertz CT molecular complexity index is 1020. The summed E-state index contributed by atoms with van der Waals surface area (Å²) in [6.45, 7) is 1.85. The van der Waals surface area contributed by atoms with Gasteiger partial charge in [0.1, 0.15) is 11.6 Å². The molecule has 0 aliphatic heterocycles. The molecular formula is C16H13N3O3S. The van der Waals surface area contributed by atoms with Gasteiger partial charge in [0, 0.05) is 13.5 Å². The van der Waals surface area contributed by atoms with Crippen LogP contribution in [0.4, 0.5) is 0 Å². The fourth-order valence-corrected chi connectivity index (χ4v) is 3.42. The van der Waals surface area contributed by atoms with Gasteiger partial charge in [0.15, 0.2) is 11.5 Å². The first-order chi connectivity index (χ1) is 11.0. The Morgan fingerprint density at radius 3 is 2.83 bits per heavy atom. The van der Waals surface area contributed by atoms with E-state index in [0.717, 1.165) is 11.1 Å². The van der Waals surface area contributed by atoms with Crippen molar-refractivity contribution in [3.8, 4) is 6.07 Å². The largest absolute Gasteiger partial charge is 0.441 e. The number of aromatic nitrogens is 1. The van der Waals surface area contributed by atoms with Crippen LogP contribution in [0.1, 0.15) is 17.0 Å². The van der Waals surface area contributed by atoms with E-state index in [0.29, 0.717) is 11.5 Å². The number of hydrogen-bond donors (Lipinski definition) is 1. The minimum Gasteiger partial charge on any atom is -0.441 e. The number of aryl methyl sites for hydroxylation is 1. The van der Waals surface area contributed by atoms with Crippen LogP contribution in [0, 0.1) is 18.3 Å². The summed E-state index contributed by atoms with van der Waals surface area (Å²) in [5.74, 6) is 0.556. The van der Waals surface area contributed by atoms with Gasteiger partial charge in [-0.05, 0) is 29.8 Å². The van der Waals surface area contributed by atoms with Crippen molar-refractivity contribution in [2.45, 2.75) is 18.4 Å². The predicted molar refractivity (Wildman–Crippen MR) is 83.9 cm³/mol. The molecule has 0 fully saturated rings. The lowest BCUT2D eigenvalue weighted by Crippen LogP contribution is -2.24. The molecule has 2 aromatic carbocycles. The van der Waals surface area contributed by atoms with Gasteiger partial charge in [-0.25, -0.2) is 18.1 Å². The number of sulfonamides is 1. The SMILES string of the molecule is Cc1nc2ccc(CNS(=O)(=O)c3ccccc3C#N)cc2o1. The molecule has 0 unspecified atom stereocenters. The lowest BCUT2D eigenvalue weighted by Gasteiger charge is -2.08. The normalized spacial score (nSPS) is 11.5. The highest BCUT2D eigenvalue weighted by molar-refractivity contribution is 7.89. The molecule has 23 heavy (non-hydrogen) atoms. The first kappa shape index (κ1) is 15.2. The van der Waals surface area contributed by atoms with Crippen molar-refractivity contribution in [3.63, 3.8) is 0 Å². The van der Waals surface area contributed by atoms with Crippen LogP contribution in [0.25, 0.3) is 11.1 Å². The third-order valence-corrected chi connectivity index (χ3v) is 4.78. The molecule has 0 amide bonds. The Kier molecular flexibility index (Phi) is 3.86. The highest BCUT2D eigenvalue weighted by atomic mass is 32.2. The molecule has 3 aromatic rings. The fraction of sp³-hybridized carbons (Fsp3) is 0.125. The molecule has 1 aromatic heterocycles. The number of hydrogen-bond acceptors (Lipinski definition) is 5. The predicted octanol–water partition coefficient (Wildman–Crippen LogP) is 2.49. The maximum absolute atomic E-state index is 12.4. The number of nitriles is 1. The summed E-state index contributed by atoms with van der Waals surface area (Å²) in [5.41, 5.74) is 2.19. The zero-order valence-corrected chi connectivity index (χ0v) is 13.1. The van der Waals surface area contributed by atoms with E-state index in [9.17, 15) is 8.42 Å². The minimum atomic E-state index is -3.77. The van der Waals surface area contributed by atoms with Gasteiger partial charge in [0.2, 0.25) is 10.0 Å². The number of oxazole rings is 1. The van der Waals surface area contributed by atoms with E-state index in [4.69, 9.17) is 9.68 Å². The average Bonchev–Trinajstić information content (AvgIpc) is 2.92. The molecule has 0 spiro atoms. The first-order valence-electron chi connectivity index (χ1n) is 6.84. The molecule has 1 N–H and O–H groups in total. The highest BCUT2D eigenvalue weighted by Crippen LogP contribution is 2.18. The quantitative estimate of drug-likeness (QED) is 0.794. The molecule has 0 bridgehead atoms. The lowest BCUT2D eigenvalue weighted by atomic mass is 10.2. The zero-order valence-electron chi connectivity index (χ0n) is 12.3. The Morgan fingerprint density at radius 1 is 1.26 bits per heavy atom. The fourth-order valence-electron chi connectivity index (χ4n) is 2.24. The standard InChI is InChI=1S/C16H13N3O3S/c1-11-19-14-7-6-12(8-15(14)22-11)10-18-23(20,21)16-5-3-2-4-13(16)9-17/h2-8,18H,10H2,1H3. The van der Waals surface area contributed by atoms with Crippen molar-refractivity contribution in [1.29, 1.82) is 5.26 Å². The Balaban J connectivity index is 1.84. The van der Waals surface area contributed by atoms with Gasteiger partial charge in [0.25, 0.3) is 0 Å². The van der Waals surface area contributed by atoms with Gasteiger partial charge in [-0.15, -0.1) is 0 Å². The van der Waals surface area contributed by atoms with Gasteiger partial charge in [0.05, 0.1) is 10.5 Å². The van der Waals surface area contributed by atoms with E-state index in [2.05, 4.69) is 9.71 Å². The second-order valence-electron chi connectivity index (χ2n) is 4.97.